The third-order valence-electron chi connectivity index (χ3n) is 5.59. The maximum Gasteiger partial charge on any atom is 0.256 e. The van der Waals surface area contributed by atoms with Crippen LogP contribution in [0, 0.1) is 12.7 Å². The summed E-state index contributed by atoms with van der Waals surface area (Å²) in [5, 5.41) is 2.76. The van der Waals surface area contributed by atoms with Crippen molar-refractivity contribution < 1.29 is 14.0 Å². The number of carbonyl (C=O) groups is 2. The largest absolute Gasteiger partial charge is 0.358 e. The van der Waals surface area contributed by atoms with E-state index in [4.69, 9.17) is 0 Å². The van der Waals surface area contributed by atoms with Crippen molar-refractivity contribution >= 4 is 29.2 Å². The van der Waals surface area contributed by atoms with Crippen molar-refractivity contribution in [2.75, 3.05) is 39.0 Å². The molecule has 0 fully saturated rings. The summed E-state index contributed by atoms with van der Waals surface area (Å²) in [5.74, 6) is -0.634. The Morgan fingerprint density at radius 3 is 2.83 bits per heavy atom. The lowest BCUT2D eigenvalue weighted by atomic mass is 10.0. The number of aryl methyl sites for hydroxylation is 1. The van der Waals surface area contributed by atoms with Gasteiger partial charge in [0.05, 0.1) is 11.1 Å². The average molecular weight is 396 g/mol. The minimum Gasteiger partial charge on any atom is -0.358 e. The summed E-state index contributed by atoms with van der Waals surface area (Å²) >= 11 is 0. The number of benzene rings is 1. The Labute approximate surface area is 169 Å². The molecule has 29 heavy (non-hydrogen) atoms. The standard InChI is InChI=1S/C22H25FN4O2/c1-13-19(12-16-15-11-14(23)6-7-17(15)25-21(16)28)24-18-5-4-8-27(10-9-26(2)3)22(29)20(13)18/h6-7,11-12,24H,4-5,8-10H2,1-3H3,(H,25,28)/b16-12-. The molecule has 0 saturated heterocycles. The fourth-order valence-electron chi connectivity index (χ4n) is 3.99. The van der Waals surface area contributed by atoms with E-state index in [0.29, 0.717) is 28.9 Å². The molecule has 0 radical (unpaired) electrons. The first-order valence-electron chi connectivity index (χ1n) is 9.83. The average Bonchev–Trinajstić information content (AvgIpc) is 3.08. The van der Waals surface area contributed by atoms with E-state index in [0.717, 1.165) is 42.9 Å². The Morgan fingerprint density at radius 1 is 1.28 bits per heavy atom. The van der Waals surface area contributed by atoms with Gasteiger partial charge in [0.1, 0.15) is 5.82 Å². The normalized spacial score (nSPS) is 17.6. The number of carbonyl (C=O) groups excluding carboxylic acids is 2. The van der Waals surface area contributed by atoms with Gasteiger partial charge in [0.2, 0.25) is 0 Å². The zero-order valence-electron chi connectivity index (χ0n) is 16.9. The van der Waals surface area contributed by atoms with Crippen LogP contribution in [0.3, 0.4) is 0 Å². The minimum absolute atomic E-state index is 0.0278. The van der Waals surface area contributed by atoms with Gasteiger partial charge in [-0.05, 0) is 63.7 Å². The first-order chi connectivity index (χ1) is 13.8. The molecule has 3 heterocycles. The van der Waals surface area contributed by atoms with Gasteiger partial charge in [-0.25, -0.2) is 4.39 Å². The summed E-state index contributed by atoms with van der Waals surface area (Å²) in [4.78, 5) is 32.9. The summed E-state index contributed by atoms with van der Waals surface area (Å²) in [6.45, 7) is 4.12. The molecular formula is C22H25FN4O2. The van der Waals surface area contributed by atoms with Crippen molar-refractivity contribution in [3.8, 4) is 0 Å². The predicted molar refractivity (Wildman–Crippen MR) is 111 cm³/mol. The number of nitrogens with one attached hydrogen (secondary N) is 2. The highest BCUT2D eigenvalue weighted by Crippen LogP contribution is 2.35. The van der Waals surface area contributed by atoms with Crippen LogP contribution in [-0.2, 0) is 11.2 Å². The van der Waals surface area contributed by atoms with Crippen LogP contribution < -0.4 is 5.32 Å². The second-order valence-corrected chi connectivity index (χ2v) is 7.92. The third kappa shape index (κ3) is 3.58. The van der Waals surface area contributed by atoms with Crippen molar-refractivity contribution in [3.63, 3.8) is 0 Å². The van der Waals surface area contributed by atoms with Gasteiger partial charge in [0, 0.05) is 42.3 Å². The van der Waals surface area contributed by atoms with Gasteiger partial charge in [-0.3, -0.25) is 9.59 Å². The minimum atomic E-state index is -0.392. The molecule has 2 amide bonds. The molecule has 152 valence electrons. The summed E-state index contributed by atoms with van der Waals surface area (Å²) in [5.41, 5.74) is 4.69. The van der Waals surface area contributed by atoms with E-state index in [1.54, 1.807) is 12.1 Å². The van der Waals surface area contributed by atoms with E-state index in [1.807, 2.05) is 25.9 Å². The van der Waals surface area contributed by atoms with Gasteiger partial charge in [0.15, 0.2) is 0 Å². The maximum atomic E-state index is 13.7. The van der Waals surface area contributed by atoms with Crippen LogP contribution in [0.2, 0.25) is 0 Å². The van der Waals surface area contributed by atoms with Crippen LogP contribution in [0.25, 0.3) is 11.6 Å². The molecule has 1 aromatic heterocycles. The third-order valence-corrected chi connectivity index (χ3v) is 5.59. The number of rotatable bonds is 4. The number of anilines is 1. The summed E-state index contributed by atoms with van der Waals surface area (Å²) < 4.78 is 13.7. The Kier molecular flexibility index (Phi) is 5.00. The number of hydrogen-bond acceptors (Lipinski definition) is 3. The molecule has 2 aliphatic rings. The molecule has 4 rings (SSSR count). The quantitative estimate of drug-likeness (QED) is 0.781. The van der Waals surface area contributed by atoms with Gasteiger partial charge in [-0.1, -0.05) is 0 Å². The number of fused-ring (bicyclic) bond motifs is 2. The monoisotopic (exact) mass is 396 g/mol. The number of H-pyrrole nitrogens is 1. The van der Waals surface area contributed by atoms with E-state index in [9.17, 15) is 14.0 Å². The van der Waals surface area contributed by atoms with Gasteiger partial charge >= 0.3 is 0 Å². The molecule has 2 aliphatic heterocycles. The number of aromatic amines is 1. The van der Waals surface area contributed by atoms with Gasteiger partial charge in [-0.2, -0.15) is 0 Å². The summed E-state index contributed by atoms with van der Waals surface area (Å²) in [6, 6.07) is 4.24. The number of halogens is 1. The van der Waals surface area contributed by atoms with E-state index in [1.165, 1.54) is 12.1 Å². The fraction of sp³-hybridized carbons (Fsp3) is 0.364. The molecule has 2 N–H and O–H groups in total. The lowest BCUT2D eigenvalue weighted by Gasteiger charge is -2.23. The van der Waals surface area contributed by atoms with E-state index in [2.05, 4.69) is 15.2 Å². The van der Waals surface area contributed by atoms with E-state index in [-0.39, 0.29) is 11.8 Å². The zero-order chi connectivity index (χ0) is 20.7. The lowest BCUT2D eigenvalue weighted by molar-refractivity contribution is -0.110. The highest BCUT2D eigenvalue weighted by Gasteiger charge is 2.29. The highest BCUT2D eigenvalue weighted by molar-refractivity contribution is 6.34. The lowest BCUT2D eigenvalue weighted by Crippen LogP contribution is -2.36. The second kappa shape index (κ2) is 7.48. The topological polar surface area (TPSA) is 68.4 Å². The zero-order valence-corrected chi connectivity index (χ0v) is 16.9. The van der Waals surface area contributed by atoms with Crippen LogP contribution in [0.1, 0.15) is 39.3 Å². The molecular weight excluding hydrogens is 371 g/mol. The van der Waals surface area contributed by atoms with Crippen molar-refractivity contribution in [2.24, 2.45) is 0 Å². The van der Waals surface area contributed by atoms with Crippen LogP contribution in [0.4, 0.5) is 10.1 Å². The molecule has 2 aromatic rings. The summed E-state index contributed by atoms with van der Waals surface area (Å²) in [7, 11) is 3.99. The summed E-state index contributed by atoms with van der Waals surface area (Å²) in [6.07, 6.45) is 3.39. The smallest absolute Gasteiger partial charge is 0.256 e. The molecule has 0 aliphatic carbocycles. The highest BCUT2D eigenvalue weighted by atomic mass is 19.1. The Morgan fingerprint density at radius 2 is 2.07 bits per heavy atom. The number of hydrogen-bond donors (Lipinski definition) is 2. The first kappa shape index (κ1) is 19.4. The molecule has 7 heteroatoms. The van der Waals surface area contributed by atoms with Gasteiger partial charge < -0.3 is 20.1 Å². The SMILES string of the molecule is Cc1c(/C=C2\C(=O)Nc3ccc(F)cc32)[nH]c2c1C(=O)N(CCN(C)C)CCC2. The number of nitrogens with zero attached hydrogens (tertiary/aromatic N) is 2. The van der Waals surface area contributed by atoms with Crippen LogP contribution >= 0.6 is 0 Å². The van der Waals surface area contributed by atoms with Gasteiger partial charge in [-0.15, -0.1) is 0 Å². The molecule has 0 saturated carbocycles. The molecule has 0 spiro atoms. The van der Waals surface area contributed by atoms with Crippen molar-refractivity contribution in [1.82, 2.24) is 14.8 Å². The van der Waals surface area contributed by atoms with Crippen molar-refractivity contribution in [1.29, 1.82) is 0 Å². The molecule has 6 nitrogen and oxygen atoms in total. The Balaban J connectivity index is 1.71. The Bertz CT molecular complexity index is 1020. The first-order valence-corrected chi connectivity index (χ1v) is 9.83. The van der Waals surface area contributed by atoms with Crippen molar-refractivity contribution in [3.05, 3.63) is 52.1 Å². The van der Waals surface area contributed by atoms with Crippen LogP contribution in [-0.4, -0.2) is 60.3 Å². The second-order valence-electron chi connectivity index (χ2n) is 7.92. The van der Waals surface area contributed by atoms with E-state index >= 15 is 0 Å². The van der Waals surface area contributed by atoms with Crippen molar-refractivity contribution in [2.45, 2.75) is 19.8 Å². The molecule has 0 bridgehead atoms. The predicted octanol–water partition coefficient (Wildman–Crippen LogP) is 2.90. The maximum absolute atomic E-state index is 13.7. The molecule has 1 aromatic carbocycles. The fourth-order valence-corrected chi connectivity index (χ4v) is 3.99. The van der Waals surface area contributed by atoms with Gasteiger partial charge in [0.25, 0.3) is 11.8 Å². The van der Waals surface area contributed by atoms with Crippen LogP contribution in [0.5, 0.6) is 0 Å². The number of likely N-dealkylation sites (N-methyl/N-ethyl adjacent to an activating group) is 1. The Hall–Kier alpha value is -2.93. The number of amides is 2. The molecule has 0 atom stereocenters. The molecule has 0 unspecified atom stereocenters. The number of aromatic nitrogens is 1. The van der Waals surface area contributed by atoms with E-state index < -0.39 is 5.82 Å². The van der Waals surface area contributed by atoms with Crippen LogP contribution in [0.15, 0.2) is 18.2 Å².